The minimum absolute atomic E-state index is 1.87. The van der Waals surface area contributed by atoms with Crippen molar-refractivity contribution in [3.8, 4) is 0 Å². The maximum atomic E-state index is 13.8. The fourth-order valence-electron chi connectivity index (χ4n) is 2.50. The molecule has 0 radical (unpaired) electrons. The highest BCUT2D eigenvalue weighted by Crippen LogP contribution is 2.66. The summed E-state index contributed by atoms with van der Waals surface area (Å²) in [5, 5.41) is 0. The van der Waals surface area contributed by atoms with Crippen molar-refractivity contribution < 1.29 is 114 Å². The predicted octanol–water partition coefficient (Wildman–Crippen LogP) is 9.10. The standard InChI is InChI=1S/C14H4F26/c1-2(3(15,16)6(20,21)5(19,12(32,33)34)13(35,36)37)4(17,18)7(22,23)8(24,25)9(26,27)10(28,29)11(30,31)14(38,39)40/h2H,1H3. The summed E-state index contributed by atoms with van der Waals surface area (Å²) in [5.74, 6) is -77.0. The minimum atomic E-state index is -9.21. The maximum Gasteiger partial charge on any atom is 0.460 e. The second-order valence-corrected chi connectivity index (χ2v) is 7.57. The lowest BCUT2D eigenvalue weighted by Crippen LogP contribution is -2.76. The van der Waals surface area contributed by atoms with Crippen molar-refractivity contribution in [1.29, 1.82) is 0 Å². The molecule has 0 aliphatic heterocycles. The molecule has 0 aliphatic rings. The highest BCUT2D eigenvalue weighted by atomic mass is 19.4. The van der Waals surface area contributed by atoms with Crippen LogP contribution >= 0.6 is 0 Å². The molecule has 0 N–H and O–H groups in total. The average Bonchev–Trinajstić information content (AvgIpc) is 2.68. The van der Waals surface area contributed by atoms with Crippen LogP contribution in [0.1, 0.15) is 6.92 Å². The molecule has 0 fully saturated rings. The molecule has 0 nitrogen and oxygen atoms in total. The van der Waals surface area contributed by atoms with Gasteiger partial charge in [-0.3, -0.25) is 0 Å². The largest absolute Gasteiger partial charge is 0.460 e. The molecule has 0 saturated heterocycles. The molecule has 242 valence electrons. The van der Waals surface area contributed by atoms with Gasteiger partial charge in [0.15, 0.2) is 0 Å². The molecule has 0 aromatic heterocycles. The van der Waals surface area contributed by atoms with E-state index < -0.39 is 84.4 Å². The molecule has 0 rings (SSSR count). The van der Waals surface area contributed by atoms with E-state index in [4.69, 9.17) is 0 Å². The van der Waals surface area contributed by atoms with Crippen molar-refractivity contribution in [3.63, 3.8) is 0 Å². The Morgan fingerprint density at radius 1 is 0.275 bits per heavy atom. The van der Waals surface area contributed by atoms with Crippen molar-refractivity contribution >= 4 is 0 Å². The highest BCUT2D eigenvalue weighted by molar-refractivity contribution is 5.18. The predicted molar refractivity (Wildman–Crippen MR) is 70.7 cm³/mol. The maximum absolute atomic E-state index is 13.8. The topological polar surface area (TPSA) is 0 Å². The van der Waals surface area contributed by atoms with Gasteiger partial charge in [0.1, 0.15) is 0 Å². The molecular formula is C14H4F26. The zero-order chi connectivity index (χ0) is 33.6. The van der Waals surface area contributed by atoms with E-state index in [9.17, 15) is 114 Å². The van der Waals surface area contributed by atoms with Gasteiger partial charge in [0.25, 0.3) is 0 Å². The Morgan fingerprint density at radius 3 is 0.750 bits per heavy atom. The van der Waals surface area contributed by atoms with Crippen LogP contribution in [0.5, 0.6) is 0 Å². The molecule has 40 heavy (non-hydrogen) atoms. The summed E-state index contributed by atoms with van der Waals surface area (Å²) in [4.78, 5) is 0. The first-order valence-corrected chi connectivity index (χ1v) is 8.57. The SMILES string of the molecule is CC(C(F)(F)C(F)(F)C(F)(F)C(F)(F)C(F)(F)C(F)(F)C(F)(F)F)C(F)(F)C(F)(F)C(F)(C(F)(F)F)C(F)(F)F. The molecule has 0 aromatic carbocycles. The molecule has 0 aliphatic carbocycles. The normalized spacial score (nSPS) is 17.8. The van der Waals surface area contributed by atoms with Crippen molar-refractivity contribution in [1.82, 2.24) is 0 Å². The molecule has 0 spiro atoms. The molecule has 0 saturated carbocycles. The van der Waals surface area contributed by atoms with Gasteiger partial charge in [-0.1, -0.05) is 6.92 Å². The van der Waals surface area contributed by atoms with E-state index in [0.717, 1.165) is 0 Å². The Hall–Kier alpha value is -1.82. The van der Waals surface area contributed by atoms with Crippen LogP contribution in [0.25, 0.3) is 0 Å². The fourth-order valence-corrected chi connectivity index (χ4v) is 2.50. The molecule has 26 heteroatoms. The Balaban J connectivity index is 7.29. The van der Waals surface area contributed by atoms with Crippen LogP contribution in [-0.2, 0) is 0 Å². The molecule has 0 aromatic rings. The van der Waals surface area contributed by atoms with E-state index in [0.29, 0.717) is 0 Å². The van der Waals surface area contributed by atoms with E-state index >= 15 is 0 Å². The van der Waals surface area contributed by atoms with E-state index in [-0.39, 0.29) is 0 Å². The Morgan fingerprint density at radius 2 is 0.500 bits per heavy atom. The lowest BCUT2D eigenvalue weighted by atomic mass is 9.78. The fraction of sp³-hybridized carbons (Fsp3) is 1.00. The lowest BCUT2D eigenvalue weighted by molar-refractivity contribution is -0.465. The second-order valence-electron chi connectivity index (χ2n) is 7.57. The monoisotopic (exact) mass is 666 g/mol. The number of alkyl halides is 26. The van der Waals surface area contributed by atoms with Gasteiger partial charge in [-0.05, 0) is 0 Å². The smallest absolute Gasteiger partial charge is 0.216 e. The first-order chi connectivity index (χ1) is 16.7. The summed E-state index contributed by atoms with van der Waals surface area (Å²) in [5.41, 5.74) is -8.73. The van der Waals surface area contributed by atoms with Gasteiger partial charge in [-0.2, -0.15) is 110 Å². The molecule has 0 bridgehead atoms. The van der Waals surface area contributed by atoms with Crippen LogP contribution in [0.3, 0.4) is 0 Å². The summed E-state index contributed by atoms with van der Waals surface area (Å²) in [7, 11) is 0. The number of hydrogen-bond acceptors (Lipinski definition) is 0. The van der Waals surface area contributed by atoms with Crippen LogP contribution < -0.4 is 0 Å². The second kappa shape index (κ2) is 9.09. The number of hydrogen-bond donors (Lipinski definition) is 0. The van der Waals surface area contributed by atoms with E-state index in [2.05, 4.69) is 0 Å². The zero-order valence-electron chi connectivity index (χ0n) is 17.4. The van der Waals surface area contributed by atoms with Gasteiger partial charge in [-0.15, -0.1) is 0 Å². The summed E-state index contributed by atoms with van der Waals surface area (Å²) in [6, 6.07) is 0. The van der Waals surface area contributed by atoms with Crippen molar-refractivity contribution in [2.45, 2.75) is 78.5 Å². The molecular weight excluding hydrogens is 662 g/mol. The van der Waals surface area contributed by atoms with Crippen molar-refractivity contribution in [2.24, 2.45) is 5.92 Å². The van der Waals surface area contributed by atoms with Crippen LogP contribution in [0.4, 0.5) is 114 Å². The Labute approximate surface area is 200 Å². The van der Waals surface area contributed by atoms with E-state index in [1.165, 1.54) is 0 Å². The first-order valence-electron chi connectivity index (χ1n) is 8.57. The Kier molecular flexibility index (Phi) is 8.67. The van der Waals surface area contributed by atoms with Crippen LogP contribution in [-0.4, -0.2) is 71.6 Å². The third kappa shape index (κ3) is 4.46. The van der Waals surface area contributed by atoms with Gasteiger partial charge < -0.3 is 0 Å². The lowest BCUT2D eigenvalue weighted by Gasteiger charge is -2.46. The third-order valence-corrected chi connectivity index (χ3v) is 5.07. The van der Waals surface area contributed by atoms with Gasteiger partial charge in [0, 0.05) is 0 Å². The Bertz CT molecular complexity index is 895. The summed E-state index contributed by atoms with van der Waals surface area (Å²) in [6.45, 7) is -1.87. The van der Waals surface area contributed by atoms with Gasteiger partial charge in [0.2, 0.25) is 0 Å². The number of halogens is 26. The molecule has 1 unspecified atom stereocenters. The molecule has 0 amide bonds. The third-order valence-electron chi connectivity index (χ3n) is 5.07. The van der Waals surface area contributed by atoms with Gasteiger partial charge in [0.05, 0.1) is 5.92 Å². The average molecular weight is 666 g/mol. The van der Waals surface area contributed by atoms with Gasteiger partial charge in [-0.25, -0.2) is 4.39 Å². The highest BCUT2D eigenvalue weighted by Gasteiger charge is 2.96. The van der Waals surface area contributed by atoms with Gasteiger partial charge >= 0.3 is 71.6 Å². The van der Waals surface area contributed by atoms with E-state index in [1.54, 1.807) is 0 Å². The molecule has 1 atom stereocenters. The van der Waals surface area contributed by atoms with Crippen LogP contribution in [0.15, 0.2) is 0 Å². The molecule has 0 heterocycles. The van der Waals surface area contributed by atoms with Crippen molar-refractivity contribution in [3.05, 3.63) is 0 Å². The summed E-state index contributed by atoms with van der Waals surface area (Å²) >= 11 is 0. The summed E-state index contributed by atoms with van der Waals surface area (Å²) < 4.78 is 339. The van der Waals surface area contributed by atoms with Crippen LogP contribution in [0.2, 0.25) is 0 Å². The van der Waals surface area contributed by atoms with Crippen molar-refractivity contribution in [2.75, 3.05) is 0 Å². The minimum Gasteiger partial charge on any atom is -0.216 e. The van der Waals surface area contributed by atoms with Crippen LogP contribution in [0, 0.1) is 5.92 Å². The summed E-state index contributed by atoms with van der Waals surface area (Å²) in [6.07, 6.45) is -24.8. The quantitative estimate of drug-likeness (QED) is 0.216. The zero-order valence-corrected chi connectivity index (χ0v) is 17.4. The van der Waals surface area contributed by atoms with E-state index in [1.807, 2.05) is 0 Å². The first kappa shape index (κ1) is 38.2. The number of rotatable bonds is 9.